The van der Waals surface area contributed by atoms with Crippen LogP contribution in [0.25, 0.3) is 0 Å². The highest BCUT2D eigenvalue weighted by molar-refractivity contribution is 7.89. The van der Waals surface area contributed by atoms with E-state index in [2.05, 4.69) is 4.72 Å². The van der Waals surface area contributed by atoms with Crippen LogP contribution in [0.3, 0.4) is 0 Å². The molecule has 0 aromatic heterocycles. The fourth-order valence-electron chi connectivity index (χ4n) is 3.03. The number of likely N-dealkylation sites (tertiary alicyclic amines) is 1. The van der Waals surface area contributed by atoms with Crippen LogP contribution in [0.4, 0.5) is 0 Å². The molecule has 0 saturated carbocycles. The quantitative estimate of drug-likeness (QED) is 0.804. The van der Waals surface area contributed by atoms with Crippen molar-refractivity contribution in [1.29, 1.82) is 0 Å². The van der Waals surface area contributed by atoms with E-state index >= 15 is 0 Å². The number of nitrogens with two attached hydrogens (primary N) is 1. The van der Waals surface area contributed by atoms with Gasteiger partial charge in [-0.15, -0.1) is 0 Å². The van der Waals surface area contributed by atoms with Crippen molar-refractivity contribution in [1.82, 2.24) is 9.62 Å². The molecule has 8 heteroatoms. The maximum Gasteiger partial charge on any atom is 0.241 e. The molecule has 7 nitrogen and oxygen atoms in total. The molecule has 3 N–H and O–H groups in total. The largest absolute Gasteiger partial charge is 0.368 e. The first-order valence-electron chi connectivity index (χ1n) is 8.23. The van der Waals surface area contributed by atoms with Gasteiger partial charge in [0, 0.05) is 6.54 Å². The van der Waals surface area contributed by atoms with Gasteiger partial charge in [-0.3, -0.25) is 9.59 Å². The van der Waals surface area contributed by atoms with E-state index in [4.69, 9.17) is 5.73 Å². The fourth-order valence-corrected chi connectivity index (χ4v) is 4.41. The van der Waals surface area contributed by atoms with Gasteiger partial charge in [-0.1, -0.05) is 32.0 Å². The Bertz CT molecular complexity index is 746. The second-order valence-electron chi connectivity index (χ2n) is 7.07. The van der Waals surface area contributed by atoms with Crippen molar-refractivity contribution < 1.29 is 18.0 Å². The van der Waals surface area contributed by atoms with Crippen molar-refractivity contribution in [3.05, 3.63) is 30.3 Å². The second kappa shape index (κ2) is 7.13. The maximum atomic E-state index is 13.0. The Kier molecular flexibility index (Phi) is 5.53. The zero-order chi connectivity index (χ0) is 18.8. The lowest BCUT2D eigenvalue weighted by atomic mass is 9.81. The summed E-state index contributed by atoms with van der Waals surface area (Å²) in [5.41, 5.74) is 4.75. The molecular weight excluding hydrogens is 342 g/mol. The number of amides is 2. The molecule has 2 amide bonds. The molecule has 2 unspecified atom stereocenters. The van der Waals surface area contributed by atoms with E-state index < -0.39 is 39.3 Å². The standard InChI is InChI=1S/C17H25N3O4S/c1-12(15(18)21)20-11-7-10-17(2,3)14(16(20)22)19-25(23,24)13-8-5-4-6-9-13/h4-6,8-9,12,14,19H,7,10-11H2,1-3H3,(H2,18,21). The predicted molar refractivity (Wildman–Crippen MR) is 93.9 cm³/mol. The monoisotopic (exact) mass is 367 g/mol. The summed E-state index contributed by atoms with van der Waals surface area (Å²) in [5, 5.41) is 0. The zero-order valence-electron chi connectivity index (χ0n) is 14.7. The molecule has 1 aromatic carbocycles. The molecule has 1 aliphatic heterocycles. The summed E-state index contributed by atoms with van der Waals surface area (Å²) in [6.07, 6.45) is 1.31. The molecule has 1 heterocycles. The van der Waals surface area contributed by atoms with Gasteiger partial charge in [0.15, 0.2) is 0 Å². The number of primary amides is 1. The zero-order valence-corrected chi connectivity index (χ0v) is 15.5. The first-order valence-corrected chi connectivity index (χ1v) is 9.72. The number of sulfonamides is 1. The third-order valence-electron chi connectivity index (χ3n) is 4.74. The molecule has 25 heavy (non-hydrogen) atoms. The molecule has 2 rings (SSSR count). The van der Waals surface area contributed by atoms with Gasteiger partial charge in [0.1, 0.15) is 12.1 Å². The van der Waals surface area contributed by atoms with Crippen LogP contribution >= 0.6 is 0 Å². The van der Waals surface area contributed by atoms with E-state index in [1.54, 1.807) is 25.1 Å². The highest BCUT2D eigenvalue weighted by Gasteiger charge is 2.44. The van der Waals surface area contributed by atoms with Crippen LogP contribution in [0, 0.1) is 5.41 Å². The Morgan fingerprint density at radius 3 is 2.48 bits per heavy atom. The number of rotatable bonds is 5. The van der Waals surface area contributed by atoms with Crippen molar-refractivity contribution in [3.63, 3.8) is 0 Å². The summed E-state index contributed by atoms with van der Waals surface area (Å²) in [7, 11) is -3.86. The van der Waals surface area contributed by atoms with Crippen LogP contribution in [-0.4, -0.2) is 43.8 Å². The van der Waals surface area contributed by atoms with E-state index in [1.165, 1.54) is 17.0 Å². The Labute approximate surface area is 148 Å². The van der Waals surface area contributed by atoms with E-state index in [1.807, 2.05) is 13.8 Å². The third kappa shape index (κ3) is 4.19. The number of nitrogens with one attached hydrogen (secondary N) is 1. The first kappa shape index (κ1) is 19.4. The van der Waals surface area contributed by atoms with Crippen molar-refractivity contribution >= 4 is 21.8 Å². The highest BCUT2D eigenvalue weighted by atomic mass is 32.2. The minimum absolute atomic E-state index is 0.0948. The first-order chi connectivity index (χ1) is 11.6. The van der Waals surface area contributed by atoms with Gasteiger partial charge in [0.2, 0.25) is 21.8 Å². The lowest BCUT2D eigenvalue weighted by Crippen LogP contribution is -2.57. The molecule has 1 aliphatic rings. The van der Waals surface area contributed by atoms with Gasteiger partial charge in [0.05, 0.1) is 4.90 Å². The van der Waals surface area contributed by atoms with Crippen LogP contribution in [0.1, 0.15) is 33.6 Å². The number of benzene rings is 1. The van der Waals surface area contributed by atoms with E-state index in [0.29, 0.717) is 19.4 Å². The van der Waals surface area contributed by atoms with Gasteiger partial charge in [-0.25, -0.2) is 8.42 Å². The van der Waals surface area contributed by atoms with Crippen LogP contribution in [0.2, 0.25) is 0 Å². The average Bonchev–Trinajstić information content (AvgIpc) is 2.65. The van der Waals surface area contributed by atoms with Gasteiger partial charge >= 0.3 is 0 Å². The molecule has 138 valence electrons. The van der Waals surface area contributed by atoms with Gasteiger partial charge < -0.3 is 10.6 Å². The minimum Gasteiger partial charge on any atom is -0.368 e. The fraction of sp³-hybridized carbons (Fsp3) is 0.529. The smallest absolute Gasteiger partial charge is 0.241 e. The topological polar surface area (TPSA) is 110 Å². The Balaban J connectivity index is 2.37. The van der Waals surface area contributed by atoms with E-state index in [9.17, 15) is 18.0 Å². The van der Waals surface area contributed by atoms with Gasteiger partial charge in [-0.05, 0) is 37.3 Å². The van der Waals surface area contributed by atoms with Crippen molar-refractivity contribution in [3.8, 4) is 0 Å². The van der Waals surface area contributed by atoms with Crippen molar-refractivity contribution in [2.75, 3.05) is 6.54 Å². The summed E-state index contributed by atoms with van der Waals surface area (Å²) in [6, 6.07) is 6.15. The van der Waals surface area contributed by atoms with E-state index in [-0.39, 0.29) is 4.90 Å². The SMILES string of the molecule is CC(C(N)=O)N1CCCC(C)(C)C(NS(=O)(=O)c2ccccc2)C1=O. The van der Waals surface area contributed by atoms with Crippen molar-refractivity contribution in [2.24, 2.45) is 11.1 Å². The third-order valence-corrected chi connectivity index (χ3v) is 6.18. The Morgan fingerprint density at radius 2 is 1.92 bits per heavy atom. The van der Waals surface area contributed by atoms with Crippen LogP contribution in [-0.2, 0) is 19.6 Å². The molecule has 0 bridgehead atoms. The van der Waals surface area contributed by atoms with Crippen molar-refractivity contribution in [2.45, 2.75) is 50.6 Å². The number of hydrogen-bond donors (Lipinski definition) is 2. The number of nitrogens with zero attached hydrogens (tertiary/aromatic N) is 1. The molecule has 0 spiro atoms. The molecule has 0 radical (unpaired) electrons. The predicted octanol–water partition coefficient (Wildman–Crippen LogP) is 0.856. The summed E-state index contributed by atoms with van der Waals surface area (Å²) >= 11 is 0. The van der Waals surface area contributed by atoms with Crippen LogP contribution in [0.5, 0.6) is 0 Å². The normalized spacial score (nSPS) is 22.3. The number of carbonyl (C=O) groups excluding carboxylic acids is 2. The van der Waals surface area contributed by atoms with E-state index in [0.717, 1.165) is 0 Å². The lowest BCUT2D eigenvalue weighted by Gasteiger charge is -2.34. The molecule has 0 aliphatic carbocycles. The molecule has 1 fully saturated rings. The number of carbonyl (C=O) groups is 2. The summed E-state index contributed by atoms with van der Waals surface area (Å²) in [5.74, 6) is -1.04. The minimum atomic E-state index is -3.86. The highest BCUT2D eigenvalue weighted by Crippen LogP contribution is 2.33. The Morgan fingerprint density at radius 1 is 1.32 bits per heavy atom. The molecule has 1 saturated heterocycles. The second-order valence-corrected chi connectivity index (χ2v) is 8.78. The Hall–Kier alpha value is -1.93. The molecule has 1 aromatic rings. The molecular formula is C17H25N3O4S. The molecule has 2 atom stereocenters. The summed E-state index contributed by atoms with van der Waals surface area (Å²) < 4.78 is 27.9. The number of hydrogen-bond acceptors (Lipinski definition) is 4. The summed E-state index contributed by atoms with van der Waals surface area (Å²) in [6.45, 7) is 5.63. The average molecular weight is 367 g/mol. The van der Waals surface area contributed by atoms with Gasteiger partial charge in [0.25, 0.3) is 0 Å². The maximum absolute atomic E-state index is 13.0. The lowest BCUT2D eigenvalue weighted by molar-refractivity contribution is -0.141. The van der Waals surface area contributed by atoms with Gasteiger partial charge in [-0.2, -0.15) is 4.72 Å². The van der Waals surface area contributed by atoms with Crippen LogP contribution in [0.15, 0.2) is 35.2 Å². The summed E-state index contributed by atoms with van der Waals surface area (Å²) in [4.78, 5) is 26.0. The van der Waals surface area contributed by atoms with Crippen LogP contribution < -0.4 is 10.5 Å².